The predicted octanol–water partition coefficient (Wildman–Crippen LogP) is 12.4. The van der Waals surface area contributed by atoms with Crippen LogP contribution in [0.2, 0.25) is 0 Å². The molecule has 3 aliphatic carbocycles. The van der Waals surface area contributed by atoms with Gasteiger partial charge in [0.2, 0.25) is 0 Å². The molecule has 0 nitrogen and oxygen atoms in total. The van der Waals surface area contributed by atoms with Gasteiger partial charge in [0.15, 0.2) is 0 Å². The van der Waals surface area contributed by atoms with Crippen LogP contribution < -0.4 is 0 Å². The molecule has 2 atom stereocenters. The van der Waals surface area contributed by atoms with E-state index in [1.807, 2.05) is 94.1 Å². The van der Waals surface area contributed by atoms with Gasteiger partial charge in [-0.2, -0.15) is 0 Å². The lowest BCUT2D eigenvalue weighted by atomic mass is 9.59. The number of allylic oxidation sites excluding steroid dienone is 2. The summed E-state index contributed by atoms with van der Waals surface area (Å²) >= 11 is 15.9. The fourth-order valence-electron chi connectivity index (χ4n) is 6.07. The Morgan fingerprint density at radius 2 is 1.00 bits per heavy atom. The smallest absolute Gasteiger partial charge is 0.0718 e. The van der Waals surface area contributed by atoms with Gasteiger partial charge in [-0.05, 0) is 58.0 Å². The molecule has 0 saturated carbocycles. The van der Waals surface area contributed by atoms with Gasteiger partial charge in [-0.1, -0.05) is 144 Å². The van der Waals surface area contributed by atoms with E-state index in [1.54, 1.807) is 11.1 Å². The molecule has 3 aromatic carbocycles. The van der Waals surface area contributed by atoms with Crippen molar-refractivity contribution < 1.29 is 0 Å². The predicted molar refractivity (Wildman–Crippen MR) is 178 cm³/mol. The van der Waals surface area contributed by atoms with Crippen LogP contribution in [-0.2, 0) is 0 Å². The molecule has 4 heterocycles. The highest BCUT2D eigenvalue weighted by atomic mass is 32.3. The summed E-state index contributed by atoms with van der Waals surface area (Å²) in [5.74, 6) is 1.14. The minimum atomic E-state index is 0.360. The lowest BCUT2D eigenvalue weighted by Crippen LogP contribution is -2.32. The van der Waals surface area contributed by atoms with Crippen LogP contribution in [0.15, 0.2) is 106 Å². The summed E-state index contributed by atoms with van der Waals surface area (Å²) in [7, 11) is 0. The number of fused-ring (bicyclic) bond motifs is 4. The maximum Gasteiger partial charge on any atom is 0.0718 e. The van der Waals surface area contributed by atoms with Crippen LogP contribution in [0, 0.1) is 5.41 Å². The maximum absolute atomic E-state index is 2.54. The number of thioether (sulfide) groups is 8. The molecule has 4 aliphatic heterocycles. The number of hydrogen-bond acceptors (Lipinski definition) is 8. The molecule has 0 aromatic heterocycles. The highest BCUT2D eigenvalue weighted by Gasteiger charge is 2.43. The second-order valence-electron chi connectivity index (χ2n) is 10.8. The quantitative estimate of drug-likeness (QED) is 0.221. The van der Waals surface area contributed by atoms with Gasteiger partial charge < -0.3 is 0 Å². The summed E-state index contributed by atoms with van der Waals surface area (Å²) in [5, 5.41) is 2.66. The highest BCUT2D eigenvalue weighted by molar-refractivity contribution is 8.45. The van der Waals surface area contributed by atoms with Gasteiger partial charge in [0, 0.05) is 31.4 Å². The number of hydrogen-bond donors (Lipinski definition) is 0. The van der Waals surface area contributed by atoms with E-state index in [4.69, 9.17) is 0 Å². The van der Waals surface area contributed by atoms with Gasteiger partial charge >= 0.3 is 0 Å². The van der Waals surface area contributed by atoms with Crippen molar-refractivity contribution in [2.24, 2.45) is 5.41 Å². The van der Waals surface area contributed by atoms with E-state index in [-0.39, 0.29) is 0 Å². The molecule has 38 heavy (non-hydrogen) atoms. The number of benzene rings is 3. The molecule has 2 unspecified atom stereocenters. The van der Waals surface area contributed by atoms with Crippen LogP contribution >= 0.6 is 94.1 Å². The van der Waals surface area contributed by atoms with Crippen LogP contribution in [0.1, 0.15) is 43.2 Å². The lowest BCUT2D eigenvalue weighted by Gasteiger charge is -2.46. The third-order valence-corrected chi connectivity index (χ3v) is 19.6. The van der Waals surface area contributed by atoms with Gasteiger partial charge in [0.1, 0.15) is 0 Å². The molecule has 0 spiro atoms. The second-order valence-corrected chi connectivity index (χ2v) is 20.6. The largest absolute Gasteiger partial charge is 0.0803 e. The molecule has 2 bridgehead atoms. The zero-order valence-corrected chi connectivity index (χ0v) is 26.9. The van der Waals surface area contributed by atoms with E-state index in [2.05, 4.69) is 74.5 Å². The minimum absolute atomic E-state index is 0.360. The second kappa shape index (κ2) is 8.84. The molecule has 0 N–H and O–H groups in total. The standard InChI is InChI=1S/C30H20S8/c1-30(2)13-16-7-8-19(30)18-12-23-22(11-17(16)18)33-26-27(34-23)38-29(37-26)28-35-24-25(36-28)32-21-10-15-6-4-3-5-14(15)9-20(21)31-24/h3-12,16,19H,13H2,1-2H3. The molecule has 8 heteroatoms. The Kier molecular flexibility index (Phi) is 5.65. The molecule has 0 fully saturated rings. The van der Waals surface area contributed by atoms with Crippen LogP contribution in [-0.4, -0.2) is 0 Å². The number of rotatable bonds is 0. The molecule has 0 amide bonds. The van der Waals surface area contributed by atoms with Gasteiger partial charge in [-0.15, -0.1) is 0 Å². The summed E-state index contributed by atoms with van der Waals surface area (Å²) < 4.78 is 8.80. The summed E-state index contributed by atoms with van der Waals surface area (Å²) in [6.45, 7) is 4.89. The van der Waals surface area contributed by atoms with Crippen LogP contribution in [0.3, 0.4) is 0 Å². The molecular weight excluding hydrogens is 617 g/mol. The normalized spacial score (nSPS) is 26.1. The van der Waals surface area contributed by atoms with Crippen molar-refractivity contribution in [1.29, 1.82) is 0 Å². The van der Waals surface area contributed by atoms with E-state index in [0.717, 1.165) is 0 Å². The monoisotopic (exact) mass is 636 g/mol. The molecular formula is C30H20S8. The van der Waals surface area contributed by atoms with Crippen molar-refractivity contribution in [2.75, 3.05) is 0 Å². The van der Waals surface area contributed by atoms with E-state index >= 15 is 0 Å². The van der Waals surface area contributed by atoms with Crippen molar-refractivity contribution in [2.45, 2.75) is 51.7 Å². The first kappa shape index (κ1) is 24.3. The van der Waals surface area contributed by atoms with Crippen molar-refractivity contribution in [3.63, 3.8) is 0 Å². The topological polar surface area (TPSA) is 0 Å². The fourth-order valence-corrected chi connectivity index (χ4v) is 18.1. The molecule has 0 radical (unpaired) electrons. The first-order valence-corrected chi connectivity index (χ1v) is 19.1. The average Bonchev–Trinajstić information content (AvgIpc) is 3.51. The Bertz CT molecular complexity index is 1680. The van der Waals surface area contributed by atoms with Gasteiger partial charge in [0.25, 0.3) is 0 Å². The van der Waals surface area contributed by atoms with Crippen molar-refractivity contribution in [3.8, 4) is 0 Å². The van der Waals surface area contributed by atoms with Gasteiger partial charge in [-0.25, -0.2) is 0 Å². The van der Waals surface area contributed by atoms with Crippen LogP contribution in [0.4, 0.5) is 0 Å². The van der Waals surface area contributed by atoms with Crippen LogP contribution in [0.5, 0.6) is 0 Å². The third kappa shape index (κ3) is 3.77. The van der Waals surface area contributed by atoms with Gasteiger partial charge in [0.05, 0.1) is 25.4 Å². The summed E-state index contributed by atoms with van der Waals surface area (Å²) in [5.41, 5.74) is 3.53. The SMILES string of the molecule is CC1(C)CC2C=CC1c1cc3c(cc12)SC1=C(SC(=C2SC4=C(S2)Sc2cc5ccccc5cc2S4)S1)S3. The summed E-state index contributed by atoms with van der Waals surface area (Å²) in [6, 6.07) is 18.5. The first-order chi connectivity index (χ1) is 18.5. The van der Waals surface area contributed by atoms with Crippen molar-refractivity contribution in [3.05, 3.63) is 97.2 Å². The summed E-state index contributed by atoms with van der Waals surface area (Å²) in [4.78, 5) is 5.71. The summed E-state index contributed by atoms with van der Waals surface area (Å²) in [6.07, 6.45) is 6.23. The van der Waals surface area contributed by atoms with Crippen molar-refractivity contribution in [1.82, 2.24) is 0 Å². The van der Waals surface area contributed by atoms with Crippen LogP contribution in [0.25, 0.3) is 10.8 Å². The van der Waals surface area contributed by atoms with E-state index in [0.29, 0.717) is 17.3 Å². The molecule has 188 valence electrons. The lowest BCUT2D eigenvalue weighted by molar-refractivity contribution is 0.250. The Morgan fingerprint density at radius 1 is 0.553 bits per heavy atom. The Morgan fingerprint density at radius 3 is 1.50 bits per heavy atom. The Labute approximate surface area is 256 Å². The first-order valence-electron chi connectivity index (χ1n) is 12.5. The molecule has 10 rings (SSSR count). The molecule has 0 saturated heterocycles. The van der Waals surface area contributed by atoms with E-state index in [1.165, 1.54) is 62.2 Å². The third-order valence-electron chi connectivity index (χ3n) is 7.87. The van der Waals surface area contributed by atoms with E-state index < -0.39 is 0 Å². The Balaban J connectivity index is 0.974. The zero-order chi connectivity index (χ0) is 25.2. The molecule has 7 aliphatic rings. The molecule has 3 aromatic rings. The highest BCUT2D eigenvalue weighted by Crippen LogP contribution is 2.71. The zero-order valence-electron chi connectivity index (χ0n) is 20.4. The maximum atomic E-state index is 2.54. The van der Waals surface area contributed by atoms with Gasteiger partial charge in [-0.3, -0.25) is 0 Å². The van der Waals surface area contributed by atoms with E-state index in [9.17, 15) is 0 Å². The minimum Gasteiger partial charge on any atom is -0.0803 e. The van der Waals surface area contributed by atoms with Crippen molar-refractivity contribution >= 4 is 105 Å². The average molecular weight is 637 g/mol. The Hall–Kier alpha value is -0.320. The fraction of sp³-hybridized carbons (Fsp3) is 0.200.